The van der Waals surface area contributed by atoms with Gasteiger partial charge in [-0.3, -0.25) is 0 Å². The molecule has 90 valence electrons. The van der Waals surface area contributed by atoms with Crippen molar-refractivity contribution < 1.29 is 0 Å². The molecule has 0 heterocycles. The van der Waals surface area contributed by atoms with Gasteiger partial charge in [-0.15, -0.1) is 11.8 Å². The van der Waals surface area contributed by atoms with Crippen molar-refractivity contribution in [3.05, 3.63) is 23.2 Å². The van der Waals surface area contributed by atoms with Crippen LogP contribution < -0.4 is 5.73 Å². The maximum atomic E-state index is 5.96. The summed E-state index contributed by atoms with van der Waals surface area (Å²) in [5.74, 6) is 1.05. The molecule has 0 aromatic heterocycles. The Balaban J connectivity index is 2.46. The third-order valence-corrected chi connectivity index (χ3v) is 3.96. The molecule has 1 rings (SSSR count). The lowest BCUT2D eigenvalue weighted by molar-refractivity contribution is 0.324. The summed E-state index contributed by atoms with van der Waals surface area (Å²) >= 11 is 7.73. The molecule has 0 bridgehead atoms. The molecule has 0 aliphatic heterocycles. The fraction of sp³-hybridized carbons (Fsp3) is 0.500. The van der Waals surface area contributed by atoms with Crippen LogP contribution in [-0.2, 0) is 0 Å². The molecule has 0 saturated carbocycles. The number of benzene rings is 1. The number of nitrogens with two attached hydrogens (primary N) is 1. The van der Waals surface area contributed by atoms with Gasteiger partial charge >= 0.3 is 0 Å². The first-order valence-electron chi connectivity index (χ1n) is 5.58. The highest BCUT2D eigenvalue weighted by molar-refractivity contribution is 7.99. The number of hydrogen-bond acceptors (Lipinski definition) is 3. The summed E-state index contributed by atoms with van der Waals surface area (Å²) in [5.41, 5.74) is 6.60. The number of rotatable bonds is 6. The Morgan fingerprint density at radius 1 is 1.31 bits per heavy atom. The Hall–Kier alpha value is -0.380. The van der Waals surface area contributed by atoms with Crippen molar-refractivity contribution in [1.29, 1.82) is 0 Å². The quantitative estimate of drug-likeness (QED) is 0.627. The first-order chi connectivity index (χ1) is 7.69. The first-order valence-corrected chi connectivity index (χ1v) is 6.94. The Bertz CT molecular complexity index is 327. The molecule has 4 heteroatoms. The van der Waals surface area contributed by atoms with E-state index in [2.05, 4.69) is 18.7 Å². The zero-order valence-electron chi connectivity index (χ0n) is 9.87. The second kappa shape index (κ2) is 7.05. The molecule has 2 N–H and O–H groups in total. The molecule has 0 radical (unpaired) electrons. The fourth-order valence-electron chi connectivity index (χ4n) is 1.47. The number of para-hydroxylation sites is 1. The maximum Gasteiger partial charge on any atom is 0.0646 e. The zero-order valence-corrected chi connectivity index (χ0v) is 11.4. The van der Waals surface area contributed by atoms with Gasteiger partial charge in [0.1, 0.15) is 0 Å². The standard InChI is InChI=1S/C12H19ClN2S/c1-3-15(4-2)8-9-16-11-7-5-6-10(13)12(11)14/h5-7H,3-4,8-9,14H2,1-2H3. The van der Waals surface area contributed by atoms with Gasteiger partial charge in [-0.05, 0) is 25.2 Å². The van der Waals surface area contributed by atoms with Gasteiger partial charge in [0.25, 0.3) is 0 Å². The number of nitrogen functional groups attached to an aromatic ring is 1. The van der Waals surface area contributed by atoms with Crippen molar-refractivity contribution in [3.8, 4) is 0 Å². The lowest BCUT2D eigenvalue weighted by Crippen LogP contribution is -2.25. The van der Waals surface area contributed by atoms with Crippen molar-refractivity contribution in [2.75, 3.05) is 31.1 Å². The average molecular weight is 259 g/mol. The van der Waals surface area contributed by atoms with E-state index in [0.29, 0.717) is 10.7 Å². The van der Waals surface area contributed by atoms with Crippen LogP contribution in [0.1, 0.15) is 13.8 Å². The second-order valence-electron chi connectivity index (χ2n) is 3.53. The van der Waals surface area contributed by atoms with Crippen molar-refractivity contribution in [2.24, 2.45) is 0 Å². The van der Waals surface area contributed by atoms with Crippen LogP contribution in [0.2, 0.25) is 5.02 Å². The highest BCUT2D eigenvalue weighted by atomic mass is 35.5. The third-order valence-electron chi connectivity index (χ3n) is 2.57. The maximum absolute atomic E-state index is 5.96. The summed E-state index contributed by atoms with van der Waals surface area (Å²) in [6, 6.07) is 5.79. The number of anilines is 1. The Kier molecular flexibility index (Phi) is 6.03. The van der Waals surface area contributed by atoms with Gasteiger partial charge in [-0.2, -0.15) is 0 Å². The molecule has 0 saturated heterocycles. The Morgan fingerprint density at radius 2 is 2.00 bits per heavy atom. The summed E-state index contributed by atoms with van der Waals surface area (Å²) in [5, 5.41) is 0.646. The molecular formula is C12H19ClN2S. The predicted octanol–water partition coefficient (Wildman–Crippen LogP) is 3.36. The van der Waals surface area contributed by atoms with Gasteiger partial charge in [0.2, 0.25) is 0 Å². The molecule has 0 unspecified atom stereocenters. The number of hydrogen-bond donors (Lipinski definition) is 1. The molecule has 1 aromatic rings. The van der Waals surface area contributed by atoms with Crippen molar-refractivity contribution in [2.45, 2.75) is 18.7 Å². The van der Waals surface area contributed by atoms with Crippen LogP contribution in [0.15, 0.2) is 23.1 Å². The largest absolute Gasteiger partial charge is 0.397 e. The van der Waals surface area contributed by atoms with Crippen LogP contribution in [0.25, 0.3) is 0 Å². The average Bonchev–Trinajstić information content (AvgIpc) is 2.30. The normalized spacial score (nSPS) is 11.0. The molecular weight excluding hydrogens is 240 g/mol. The number of thioether (sulfide) groups is 1. The van der Waals surface area contributed by atoms with Crippen molar-refractivity contribution in [1.82, 2.24) is 4.90 Å². The van der Waals surface area contributed by atoms with E-state index in [-0.39, 0.29) is 0 Å². The zero-order chi connectivity index (χ0) is 12.0. The molecule has 0 aliphatic carbocycles. The topological polar surface area (TPSA) is 29.3 Å². The lowest BCUT2D eigenvalue weighted by Gasteiger charge is -2.17. The van der Waals surface area contributed by atoms with Gasteiger partial charge in [-0.25, -0.2) is 0 Å². The van der Waals surface area contributed by atoms with E-state index < -0.39 is 0 Å². The van der Waals surface area contributed by atoms with Crippen LogP contribution in [0, 0.1) is 0 Å². The minimum Gasteiger partial charge on any atom is -0.397 e. The van der Waals surface area contributed by atoms with Crippen LogP contribution in [-0.4, -0.2) is 30.3 Å². The van der Waals surface area contributed by atoms with E-state index in [1.54, 1.807) is 11.8 Å². The fourth-order valence-corrected chi connectivity index (χ4v) is 2.71. The van der Waals surface area contributed by atoms with Crippen LogP contribution in [0.4, 0.5) is 5.69 Å². The van der Waals surface area contributed by atoms with Crippen LogP contribution in [0.5, 0.6) is 0 Å². The number of nitrogens with zero attached hydrogens (tertiary/aromatic N) is 1. The summed E-state index contributed by atoms with van der Waals surface area (Å²) in [7, 11) is 0. The molecule has 0 atom stereocenters. The van der Waals surface area contributed by atoms with Crippen LogP contribution in [0.3, 0.4) is 0 Å². The monoisotopic (exact) mass is 258 g/mol. The predicted molar refractivity (Wildman–Crippen MR) is 74.4 cm³/mol. The first kappa shape index (κ1) is 13.7. The Morgan fingerprint density at radius 3 is 2.62 bits per heavy atom. The summed E-state index contributed by atoms with van der Waals surface area (Å²) in [4.78, 5) is 3.48. The molecule has 0 fully saturated rings. The summed E-state index contributed by atoms with van der Waals surface area (Å²) in [6.45, 7) is 7.65. The van der Waals surface area contributed by atoms with Gasteiger partial charge in [0.05, 0.1) is 10.7 Å². The van der Waals surface area contributed by atoms with E-state index in [9.17, 15) is 0 Å². The molecule has 2 nitrogen and oxygen atoms in total. The molecule has 0 spiro atoms. The van der Waals surface area contributed by atoms with Gasteiger partial charge < -0.3 is 10.6 Å². The van der Waals surface area contributed by atoms with E-state index in [1.165, 1.54) is 0 Å². The van der Waals surface area contributed by atoms with Crippen LogP contribution >= 0.6 is 23.4 Å². The van der Waals surface area contributed by atoms with E-state index >= 15 is 0 Å². The van der Waals surface area contributed by atoms with E-state index in [0.717, 1.165) is 30.3 Å². The van der Waals surface area contributed by atoms with Gasteiger partial charge in [0.15, 0.2) is 0 Å². The SMILES string of the molecule is CCN(CC)CCSc1cccc(Cl)c1N. The minimum absolute atomic E-state index is 0.646. The van der Waals surface area contributed by atoms with Gasteiger partial charge in [0, 0.05) is 17.2 Å². The highest BCUT2D eigenvalue weighted by Crippen LogP contribution is 2.30. The summed E-state index contributed by atoms with van der Waals surface area (Å²) < 4.78 is 0. The van der Waals surface area contributed by atoms with E-state index in [4.69, 9.17) is 17.3 Å². The molecule has 16 heavy (non-hydrogen) atoms. The smallest absolute Gasteiger partial charge is 0.0646 e. The second-order valence-corrected chi connectivity index (χ2v) is 5.07. The van der Waals surface area contributed by atoms with Gasteiger partial charge in [-0.1, -0.05) is 31.5 Å². The van der Waals surface area contributed by atoms with E-state index in [1.807, 2.05) is 18.2 Å². The lowest BCUT2D eigenvalue weighted by atomic mass is 10.3. The Labute approximate surface area is 107 Å². The third kappa shape index (κ3) is 3.89. The van der Waals surface area contributed by atoms with Crippen molar-refractivity contribution in [3.63, 3.8) is 0 Å². The molecule has 0 amide bonds. The number of halogens is 1. The highest BCUT2D eigenvalue weighted by Gasteiger charge is 2.04. The van der Waals surface area contributed by atoms with Crippen molar-refractivity contribution >= 4 is 29.1 Å². The summed E-state index contributed by atoms with van der Waals surface area (Å²) in [6.07, 6.45) is 0. The molecule has 1 aromatic carbocycles. The molecule has 0 aliphatic rings. The minimum atomic E-state index is 0.646.